The number of carboxylic acid groups (broad SMARTS) is 1. The fourth-order valence-corrected chi connectivity index (χ4v) is 3.16. The van der Waals surface area contributed by atoms with Crippen LogP contribution in [-0.4, -0.2) is 41.3 Å². The van der Waals surface area contributed by atoms with Gasteiger partial charge in [-0.3, -0.25) is 9.69 Å². The molecule has 110 valence electrons. The summed E-state index contributed by atoms with van der Waals surface area (Å²) < 4.78 is 38.1. The van der Waals surface area contributed by atoms with Gasteiger partial charge in [-0.25, -0.2) is 0 Å². The summed E-state index contributed by atoms with van der Waals surface area (Å²) >= 11 is 0. The van der Waals surface area contributed by atoms with E-state index in [4.69, 9.17) is 5.11 Å². The van der Waals surface area contributed by atoms with E-state index in [1.165, 1.54) is 0 Å². The number of rotatable bonds is 3. The molecule has 0 aromatic rings. The largest absolute Gasteiger partial charge is 0.481 e. The lowest BCUT2D eigenvalue weighted by Gasteiger charge is -2.48. The molecule has 1 N–H and O–H groups in total. The smallest absolute Gasteiger partial charge is 0.391 e. The maximum atomic E-state index is 12.7. The number of hydrogen-bond acceptors (Lipinski definition) is 2. The van der Waals surface area contributed by atoms with E-state index in [-0.39, 0.29) is 24.8 Å². The lowest BCUT2D eigenvalue weighted by molar-refractivity contribution is -0.189. The van der Waals surface area contributed by atoms with Crippen LogP contribution in [0.2, 0.25) is 0 Å². The average molecular weight is 279 g/mol. The van der Waals surface area contributed by atoms with E-state index in [2.05, 4.69) is 0 Å². The van der Waals surface area contributed by atoms with E-state index in [9.17, 15) is 18.0 Å². The van der Waals surface area contributed by atoms with Gasteiger partial charge in [0.15, 0.2) is 0 Å². The third-order valence-electron chi connectivity index (χ3n) is 4.66. The summed E-state index contributed by atoms with van der Waals surface area (Å²) in [5.74, 6) is -2.31. The molecular weight excluding hydrogens is 259 g/mol. The fraction of sp³-hybridized carbons (Fsp3) is 0.923. The summed E-state index contributed by atoms with van der Waals surface area (Å²) in [6.45, 7) is 2.93. The van der Waals surface area contributed by atoms with Gasteiger partial charge in [0, 0.05) is 19.1 Å². The Balaban J connectivity index is 1.83. The minimum atomic E-state index is -4.09. The highest BCUT2D eigenvalue weighted by molar-refractivity contribution is 5.70. The predicted octanol–water partition coefficient (Wildman–Crippen LogP) is 2.76. The van der Waals surface area contributed by atoms with Gasteiger partial charge in [0.25, 0.3) is 0 Å². The molecule has 0 radical (unpaired) electrons. The normalized spacial score (nSPS) is 31.8. The van der Waals surface area contributed by atoms with E-state index >= 15 is 0 Å². The molecule has 2 aliphatic rings. The molecule has 2 fully saturated rings. The Morgan fingerprint density at radius 3 is 2.47 bits per heavy atom. The minimum absolute atomic E-state index is 0.0161. The SMILES string of the molecule is CC(C(=O)O)C1CN(C2CCCC(C(F)(F)F)C2)C1. The Labute approximate surface area is 110 Å². The average Bonchev–Trinajstić information content (AvgIpc) is 2.26. The number of likely N-dealkylation sites (tertiary alicyclic amines) is 1. The molecule has 2 rings (SSSR count). The monoisotopic (exact) mass is 279 g/mol. The molecule has 3 nitrogen and oxygen atoms in total. The standard InChI is InChI=1S/C13H20F3NO2/c1-8(12(18)19)9-6-17(7-9)11-4-2-3-10(5-11)13(14,15)16/h8-11H,2-7H2,1H3,(H,18,19). The van der Waals surface area contributed by atoms with Gasteiger partial charge < -0.3 is 5.11 Å². The van der Waals surface area contributed by atoms with Gasteiger partial charge in [0.05, 0.1) is 11.8 Å². The molecule has 1 heterocycles. The van der Waals surface area contributed by atoms with E-state index in [0.717, 1.165) is 6.42 Å². The summed E-state index contributed by atoms with van der Waals surface area (Å²) in [5.41, 5.74) is 0. The van der Waals surface area contributed by atoms with Crippen LogP contribution in [0.15, 0.2) is 0 Å². The first-order valence-electron chi connectivity index (χ1n) is 6.82. The van der Waals surface area contributed by atoms with Crippen molar-refractivity contribution in [2.75, 3.05) is 13.1 Å². The van der Waals surface area contributed by atoms with Crippen molar-refractivity contribution >= 4 is 5.97 Å². The van der Waals surface area contributed by atoms with Gasteiger partial charge in [0.2, 0.25) is 0 Å². The zero-order valence-corrected chi connectivity index (χ0v) is 11.0. The van der Waals surface area contributed by atoms with Gasteiger partial charge in [0.1, 0.15) is 0 Å². The zero-order valence-electron chi connectivity index (χ0n) is 11.0. The third-order valence-corrected chi connectivity index (χ3v) is 4.66. The summed E-state index contributed by atoms with van der Waals surface area (Å²) in [5, 5.41) is 8.90. The second-order valence-electron chi connectivity index (χ2n) is 5.90. The van der Waals surface area contributed by atoms with Crippen LogP contribution in [0.4, 0.5) is 13.2 Å². The Morgan fingerprint density at radius 2 is 1.95 bits per heavy atom. The molecule has 1 aliphatic heterocycles. The van der Waals surface area contributed by atoms with Crippen molar-refractivity contribution < 1.29 is 23.1 Å². The van der Waals surface area contributed by atoms with Crippen molar-refractivity contribution in [3.63, 3.8) is 0 Å². The second-order valence-corrected chi connectivity index (χ2v) is 5.90. The van der Waals surface area contributed by atoms with Crippen LogP contribution in [0.3, 0.4) is 0 Å². The Morgan fingerprint density at radius 1 is 1.32 bits per heavy atom. The molecule has 19 heavy (non-hydrogen) atoms. The highest BCUT2D eigenvalue weighted by Crippen LogP contribution is 2.41. The molecule has 6 heteroatoms. The molecule has 1 saturated carbocycles. The van der Waals surface area contributed by atoms with E-state index in [1.807, 2.05) is 4.90 Å². The number of carboxylic acids is 1. The van der Waals surface area contributed by atoms with E-state index in [0.29, 0.717) is 19.5 Å². The lowest BCUT2D eigenvalue weighted by atomic mass is 9.80. The molecule has 3 atom stereocenters. The van der Waals surface area contributed by atoms with Gasteiger partial charge in [-0.1, -0.05) is 13.3 Å². The maximum absolute atomic E-state index is 12.7. The molecule has 0 spiro atoms. The Bertz CT molecular complexity index is 339. The molecule has 3 unspecified atom stereocenters. The fourth-order valence-electron chi connectivity index (χ4n) is 3.16. The van der Waals surface area contributed by atoms with Gasteiger partial charge in [-0.15, -0.1) is 0 Å². The van der Waals surface area contributed by atoms with Crippen molar-refractivity contribution in [2.45, 2.75) is 44.8 Å². The molecule has 1 saturated heterocycles. The quantitative estimate of drug-likeness (QED) is 0.863. The van der Waals surface area contributed by atoms with Crippen LogP contribution in [0.1, 0.15) is 32.6 Å². The van der Waals surface area contributed by atoms with Crippen LogP contribution in [-0.2, 0) is 4.79 Å². The van der Waals surface area contributed by atoms with Crippen molar-refractivity contribution in [2.24, 2.45) is 17.8 Å². The molecule has 0 amide bonds. The van der Waals surface area contributed by atoms with Crippen LogP contribution in [0, 0.1) is 17.8 Å². The molecule has 0 aromatic heterocycles. The first-order valence-corrected chi connectivity index (χ1v) is 6.82. The zero-order chi connectivity index (χ0) is 14.2. The van der Waals surface area contributed by atoms with Crippen LogP contribution in [0.25, 0.3) is 0 Å². The van der Waals surface area contributed by atoms with E-state index in [1.54, 1.807) is 6.92 Å². The first-order chi connectivity index (χ1) is 8.79. The van der Waals surface area contributed by atoms with Crippen LogP contribution >= 0.6 is 0 Å². The van der Waals surface area contributed by atoms with E-state index < -0.39 is 24.0 Å². The van der Waals surface area contributed by atoms with Crippen LogP contribution in [0.5, 0.6) is 0 Å². The summed E-state index contributed by atoms with van der Waals surface area (Å²) in [6.07, 6.45) is -2.25. The van der Waals surface area contributed by atoms with Crippen LogP contribution < -0.4 is 0 Å². The number of halogens is 3. The van der Waals surface area contributed by atoms with Gasteiger partial charge in [-0.05, 0) is 25.2 Å². The van der Waals surface area contributed by atoms with Crippen molar-refractivity contribution in [3.8, 4) is 0 Å². The summed E-state index contributed by atoms with van der Waals surface area (Å²) in [4.78, 5) is 12.9. The third kappa shape index (κ3) is 3.22. The number of nitrogens with zero attached hydrogens (tertiary/aromatic N) is 1. The van der Waals surface area contributed by atoms with Gasteiger partial charge in [-0.2, -0.15) is 13.2 Å². The first kappa shape index (κ1) is 14.6. The minimum Gasteiger partial charge on any atom is -0.481 e. The molecular formula is C13H20F3NO2. The van der Waals surface area contributed by atoms with Gasteiger partial charge >= 0.3 is 12.1 Å². The van der Waals surface area contributed by atoms with Crippen molar-refractivity contribution in [3.05, 3.63) is 0 Å². The summed E-state index contributed by atoms with van der Waals surface area (Å²) in [6, 6.07) is -0.0161. The molecule has 0 aromatic carbocycles. The molecule has 1 aliphatic carbocycles. The predicted molar refractivity (Wildman–Crippen MR) is 63.7 cm³/mol. The van der Waals surface area contributed by atoms with Crippen molar-refractivity contribution in [1.82, 2.24) is 4.90 Å². The highest BCUT2D eigenvalue weighted by atomic mass is 19.4. The van der Waals surface area contributed by atoms with Crippen molar-refractivity contribution in [1.29, 1.82) is 0 Å². The number of hydrogen-bond donors (Lipinski definition) is 1. The number of alkyl halides is 3. The molecule has 0 bridgehead atoms. The summed E-state index contributed by atoms with van der Waals surface area (Å²) in [7, 11) is 0. The Kier molecular flexibility index (Phi) is 4.08. The maximum Gasteiger partial charge on any atom is 0.391 e. The number of aliphatic carboxylic acids is 1. The topological polar surface area (TPSA) is 40.5 Å². The highest BCUT2D eigenvalue weighted by Gasteiger charge is 2.45. The second kappa shape index (κ2) is 5.31. The number of carbonyl (C=O) groups is 1. The Hall–Kier alpha value is -0.780. The lowest BCUT2D eigenvalue weighted by Crippen LogP contribution is -2.56.